The van der Waals surface area contributed by atoms with E-state index in [-0.39, 0.29) is 29.9 Å². The van der Waals surface area contributed by atoms with Gasteiger partial charge in [-0.1, -0.05) is 66.7 Å². The number of halogens is 3. The number of benzene rings is 3. The smallest absolute Gasteiger partial charge is 0.406 e. The van der Waals surface area contributed by atoms with Gasteiger partial charge in [-0.15, -0.1) is 13.2 Å². The summed E-state index contributed by atoms with van der Waals surface area (Å²) in [4.78, 5) is 25.8. The van der Waals surface area contributed by atoms with Crippen molar-refractivity contribution in [2.45, 2.75) is 51.2 Å². The zero-order valence-corrected chi connectivity index (χ0v) is 22.6. The van der Waals surface area contributed by atoms with Crippen molar-refractivity contribution < 1.29 is 27.5 Å². The number of alkyl halides is 3. The van der Waals surface area contributed by atoms with Gasteiger partial charge in [-0.05, 0) is 61.6 Å². The molecule has 0 saturated heterocycles. The van der Waals surface area contributed by atoms with Gasteiger partial charge in [-0.25, -0.2) is 0 Å². The Morgan fingerprint density at radius 2 is 1.59 bits per heavy atom. The van der Waals surface area contributed by atoms with Crippen LogP contribution in [0.4, 0.5) is 13.2 Å². The molecule has 6 N–H and O–H groups in total. The van der Waals surface area contributed by atoms with Gasteiger partial charge in [0.05, 0.1) is 6.04 Å². The number of nitrogens with one attached hydrogen (secondary N) is 4. The summed E-state index contributed by atoms with van der Waals surface area (Å²) in [6.07, 6.45) is -3.36. The monoisotopic (exact) mass is 569 g/mol. The van der Waals surface area contributed by atoms with Crippen LogP contribution in [-0.2, 0) is 29.0 Å². The maximum atomic E-state index is 13.2. The molecule has 2 unspecified atom stereocenters. The highest BCUT2D eigenvalue weighted by Crippen LogP contribution is 2.23. The quantitative estimate of drug-likeness (QED) is 0.149. The minimum Gasteiger partial charge on any atom is -0.406 e. The fourth-order valence-electron chi connectivity index (χ4n) is 4.09. The Kier molecular flexibility index (Phi) is 11.3. The highest BCUT2D eigenvalue weighted by molar-refractivity contribution is 5.95. The Morgan fingerprint density at radius 1 is 0.902 bits per heavy atom. The lowest BCUT2D eigenvalue weighted by Crippen LogP contribution is -2.52. The van der Waals surface area contributed by atoms with Gasteiger partial charge >= 0.3 is 6.36 Å². The third-order valence-corrected chi connectivity index (χ3v) is 6.30. The standard InChI is InChI=1S/C30H34F3N5O3/c1-20(28(39)37-19-23-10-13-24(14-11-23)27(34)35)38-29(40)26(15-12-21-6-3-2-4-7-21)36-17-16-22-8-5-9-25(18-22)41-30(31,32)33/h2-11,13-14,18,20,26,36H,12,15-17,19H2,1H3,(H3,34,35)(H,37,39)(H,38,40). The van der Waals surface area contributed by atoms with E-state index in [0.29, 0.717) is 36.9 Å². The van der Waals surface area contributed by atoms with E-state index in [9.17, 15) is 22.8 Å². The van der Waals surface area contributed by atoms with Crippen LogP contribution in [0.15, 0.2) is 78.9 Å². The van der Waals surface area contributed by atoms with E-state index >= 15 is 0 Å². The molecule has 0 aliphatic rings. The number of amides is 2. The van der Waals surface area contributed by atoms with Crippen molar-refractivity contribution >= 4 is 17.6 Å². The first kappa shape index (κ1) is 31.2. The second-order valence-electron chi connectivity index (χ2n) is 9.53. The summed E-state index contributed by atoms with van der Waals surface area (Å²) < 4.78 is 41.7. The van der Waals surface area contributed by atoms with Gasteiger partial charge in [0.15, 0.2) is 0 Å². The number of hydrogen-bond acceptors (Lipinski definition) is 5. The van der Waals surface area contributed by atoms with Crippen LogP contribution >= 0.6 is 0 Å². The third-order valence-electron chi connectivity index (χ3n) is 6.30. The average molecular weight is 570 g/mol. The maximum absolute atomic E-state index is 13.2. The molecule has 41 heavy (non-hydrogen) atoms. The van der Waals surface area contributed by atoms with Crippen LogP contribution < -0.4 is 26.4 Å². The minimum atomic E-state index is -4.78. The van der Waals surface area contributed by atoms with Crippen LogP contribution in [0.25, 0.3) is 0 Å². The van der Waals surface area contributed by atoms with Gasteiger partial charge in [-0.3, -0.25) is 15.0 Å². The largest absolute Gasteiger partial charge is 0.573 e. The van der Waals surface area contributed by atoms with E-state index < -0.39 is 18.4 Å². The van der Waals surface area contributed by atoms with Gasteiger partial charge < -0.3 is 26.4 Å². The van der Waals surface area contributed by atoms with Gasteiger partial charge in [0.2, 0.25) is 11.8 Å². The zero-order chi connectivity index (χ0) is 29.8. The molecular weight excluding hydrogens is 535 g/mol. The average Bonchev–Trinajstić information content (AvgIpc) is 2.93. The molecule has 0 spiro atoms. The van der Waals surface area contributed by atoms with Crippen LogP contribution in [0.2, 0.25) is 0 Å². The minimum absolute atomic E-state index is 0.0451. The summed E-state index contributed by atoms with van der Waals surface area (Å²) >= 11 is 0. The summed E-state index contributed by atoms with van der Waals surface area (Å²) in [5, 5.41) is 16.2. The van der Waals surface area contributed by atoms with Crippen molar-refractivity contribution in [1.29, 1.82) is 5.41 Å². The number of carbonyl (C=O) groups is 2. The molecule has 218 valence electrons. The summed E-state index contributed by atoms with van der Waals surface area (Å²) in [7, 11) is 0. The molecule has 0 aliphatic heterocycles. The number of rotatable bonds is 14. The SMILES string of the molecule is CC(NC(=O)C(CCc1ccccc1)NCCc1cccc(OC(F)(F)F)c1)C(=O)NCc1ccc(C(=N)N)cc1. The Labute approximate surface area is 237 Å². The molecule has 0 aliphatic carbocycles. The van der Waals surface area contributed by atoms with E-state index in [1.54, 1.807) is 37.3 Å². The van der Waals surface area contributed by atoms with Gasteiger partial charge in [-0.2, -0.15) is 0 Å². The number of nitrogen functional groups attached to an aromatic ring is 1. The maximum Gasteiger partial charge on any atom is 0.573 e. The lowest BCUT2D eigenvalue weighted by molar-refractivity contribution is -0.274. The van der Waals surface area contributed by atoms with Crippen molar-refractivity contribution in [3.63, 3.8) is 0 Å². The summed E-state index contributed by atoms with van der Waals surface area (Å²) in [5.41, 5.74) is 8.52. The Morgan fingerprint density at radius 3 is 2.24 bits per heavy atom. The number of aryl methyl sites for hydroxylation is 1. The second kappa shape index (κ2) is 14.8. The Balaban J connectivity index is 1.56. The molecule has 0 aromatic heterocycles. The van der Waals surface area contributed by atoms with Gasteiger partial charge in [0, 0.05) is 12.1 Å². The number of amidine groups is 1. The van der Waals surface area contributed by atoms with Crippen molar-refractivity contribution in [3.05, 3.63) is 101 Å². The van der Waals surface area contributed by atoms with Crippen molar-refractivity contribution in [2.75, 3.05) is 6.54 Å². The highest BCUT2D eigenvalue weighted by atomic mass is 19.4. The normalized spacial score (nSPS) is 12.7. The summed E-state index contributed by atoms with van der Waals surface area (Å²) in [6.45, 7) is 2.15. The highest BCUT2D eigenvalue weighted by Gasteiger charge is 2.31. The second-order valence-corrected chi connectivity index (χ2v) is 9.53. The van der Waals surface area contributed by atoms with E-state index in [1.807, 2.05) is 30.3 Å². The molecule has 0 bridgehead atoms. The van der Waals surface area contributed by atoms with Crippen molar-refractivity contribution in [3.8, 4) is 5.75 Å². The molecule has 0 radical (unpaired) electrons. The van der Waals surface area contributed by atoms with Gasteiger partial charge in [0.25, 0.3) is 0 Å². The predicted molar refractivity (Wildman–Crippen MR) is 150 cm³/mol. The summed E-state index contributed by atoms with van der Waals surface area (Å²) in [6, 6.07) is 20.8. The summed E-state index contributed by atoms with van der Waals surface area (Å²) in [5.74, 6) is -1.07. The van der Waals surface area contributed by atoms with Crippen LogP contribution in [0.5, 0.6) is 5.75 Å². The number of carbonyl (C=O) groups excluding carboxylic acids is 2. The topological polar surface area (TPSA) is 129 Å². The van der Waals surface area contributed by atoms with E-state index in [2.05, 4.69) is 20.7 Å². The predicted octanol–water partition coefficient (Wildman–Crippen LogP) is 3.82. The lowest BCUT2D eigenvalue weighted by atomic mass is 10.0. The molecule has 0 saturated carbocycles. The van der Waals surface area contributed by atoms with Crippen molar-refractivity contribution in [1.82, 2.24) is 16.0 Å². The van der Waals surface area contributed by atoms with Crippen LogP contribution in [-0.4, -0.2) is 42.6 Å². The molecule has 0 heterocycles. The molecule has 8 nitrogen and oxygen atoms in total. The van der Waals surface area contributed by atoms with Crippen LogP contribution in [0.3, 0.4) is 0 Å². The van der Waals surface area contributed by atoms with Crippen molar-refractivity contribution in [2.24, 2.45) is 5.73 Å². The van der Waals surface area contributed by atoms with E-state index in [1.165, 1.54) is 18.2 Å². The molecular formula is C30H34F3N5O3. The van der Waals surface area contributed by atoms with E-state index in [0.717, 1.165) is 11.1 Å². The van der Waals surface area contributed by atoms with E-state index in [4.69, 9.17) is 11.1 Å². The van der Waals surface area contributed by atoms with Crippen LogP contribution in [0.1, 0.15) is 35.6 Å². The first-order valence-electron chi connectivity index (χ1n) is 13.1. The number of nitrogens with two attached hydrogens (primary N) is 1. The molecule has 3 aromatic rings. The number of hydrogen-bond donors (Lipinski definition) is 5. The molecule has 3 aromatic carbocycles. The first-order chi connectivity index (χ1) is 19.5. The molecule has 3 rings (SSSR count). The number of ether oxygens (including phenoxy) is 1. The molecule has 11 heteroatoms. The Hall–Kier alpha value is -4.38. The lowest BCUT2D eigenvalue weighted by Gasteiger charge is -2.21. The molecule has 2 amide bonds. The first-order valence-corrected chi connectivity index (χ1v) is 13.1. The third kappa shape index (κ3) is 11.0. The fraction of sp³-hybridized carbons (Fsp3) is 0.300. The van der Waals surface area contributed by atoms with Gasteiger partial charge in [0.1, 0.15) is 17.6 Å². The molecule has 2 atom stereocenters. The molecule has 0 fully saturated rings. The fourth-order valence-corrected chi connectivity index (χ4v) is 4.09. The van der Waals surface area contributed by atoms with Crippen LogP contribution in [0, 0.1) is 5.41 Å². The Bertz CT molecular complexity index is 1300. The zero-order valence-electron chi connectivity index (χ0n) is 22.6.